The highest BCUT2D eigenvalue weighted by molar-refractivity contribution is 7.99. The SMILES string of the molecule is CCn1c(SCC(=O)NC2CC=CC3=C2CCC3)nnc1-c1ccccc1. The number of nitrogens with zero attached hydrogens (tertiary/aromatic N) is 3. The summed E-state index contributed by atoms with van der Waals surface area (Å²) in [6, 6.07) is 10.2. The van der Waals surface area contributed by atoms with Gasteiger partial charge >= 0.3 is 0 Å². The molecular formula is C21H24N4OS. The van der Waals surface area contributed by atoms with Gasteiger partial charge in [0.2, 0.25) is 5.91 Å². The van der Waals surface area contributed by atoms with E-state index in [9.17, 15) is 4.79 Å². The van der Waals surface area contributed by atoms with Crippen LogP contribution in [0, 0.1) is 0 Å². The van der Waals surface area contributed by atoms with Gasteiger partial charge < -0.3 is 9.88 Å². The summed E-state index contributed by atoms with van der Waals surface area (Å²) in [5.41, 5.74) is 3.90. The molecule has 1 amide bonds. The lowest BCUT2D eigenvalue weighted by atomic mass is 9.95. The number of hydrogen-bond donors (Lipinski definition) is 1. The van der Waals surface area contributed by atoms with Gasteiger partial charge in [0, 0.05) is 12.1 Å². The monoisotopic (exact) mass is 380 g/mol. The van der Waals surface area contributed by atoms with Crippen LogP contribution in [0.3, 0.4) is 0 Å². The van der Waals surface area contributed by atoms with Crippen LogP contribution in [0.5, 0.6) is 0 Å². The maximum atomic E-state index is 12.5. The Kier molecular flexibility index (Phi) is 5.43. The quantitative estimate of drug-likeness (QED) is 0.770. The molecule has 0 fully saturated rings. The molecule has 0 aliphatic heterocycles. The third-order valence-corrected chi connectivity index (χ3v) is 6.12. The molecule has 2 aliphatic rings. The first-order valence-electron chi connectivity index (χ1n) is 9.55. The Hall–Kier alpha value is -2.34. The zero-order valence-electron chi connectivity index (χ0n) is 15.5. The third kappa shape index (κ3) is 3.86. The van der Waals surface area contributed by atoms with Gasteiger partial charge in [-0.15, -0.1) is 10.2 Å². The second kappa shape index (κ2) is 8.13. The highest BCUT2D eigenvalue weighted by atomic mass is 32.2. The van der Waals surface area contributed by atoms with Crippen LogP contribution in [0.15, 0.2) is 58.8 Å². The molecule has 27 heavy (non-hydrogen) atoms. The Morgan fingerprint density at radius 3 is 2.93 bits per heavy atom. The number of carbonyl (C=O) groups is 1. The number of benzene rings is 1. The summed E-state index contributed by atoms with van der Waals surface area (Å²) in [4.78, 5) is 12.5. The zero-order chi connectivity index (χ0) is 18.6. The molecule has 1 unspecified atom stereocenters. The number of hydrogen-bond acceptors (Lipinski definition) is 4. The molecule has 5 nitrogen and oxygen atoms in total. The highest BCUT2D eigenvalue weighted by Crippen LogP contribution is 2.33. The molecule has 0 spiro atoms. The van der Waals surface area contributed by atoms with Crippen molar-refractivity contribution >= 4 is 17.7 Å². The average molecular weight is 381 g/mol. The van der Waals surface area contributed by atoms with Crippen molar-refractivity contribution in [3.63, 3.8) is 0 Å². The van der Waals surface area contributed by atoms with Crippen molar-refractivity contribution in [3.8, 4) is 11.4 Å². The van der Waals surface area contributed by atoms with Crippen molar-refractivity contribution in [2.45, 2.75) is 50.4 Å². The van der Waals surface area contributed by atoms with Gasteiger partial charge in [-0.1, -0.05) is 54.2 Å². The van der Waals surface area contributed by atoms with Crippen LogP contribution in [0.25, 0.3) is 11.4 Å². The van der Waals surface area contributed by atoms with Gasteiger partial charge in [-0.05, 0) is 43.8 Å². The molecule has 1 N–H and O–H groups in total. The van der Waals surface area contributed by atoms with Crippen LogP contribution in [0.4, 0.5) is 0 Å². The number of amides is 1. The minimum absolute atomic E-state index is 0.0611. The number of nitrogens with one attached hydrogen (secondary N) is 1. The number of thioether (sulfide) groups is 1. The van der Waals surface area contributed by atoms with Crippen molar-refractivity contribution < 1.29 is 4.79 Å². The molecular weight excluding hydrogens is 356 g/mol. The summed E-state index contributed by atoms with van der Waals surface area (Å²) < 4.78 is 2.06. The van der Waals surface area contributed by atoms with Gasteiger partial charge in [0.25, 0.3) is 0 Å². The molecule has 2 aromatic rings. The predicted octanol–water partition coefficient (Wildman–Crippen LogP) is 3.98. The molecule has 0 saturated carbocycles. The molecule has 1 aromatic heterocycles. The minimum Gasteiger partial charge on any atom is -0.349 e. The van der Waals surface area contributed by atoms with Gasteiger partial charge in [0.1, 0.15) is 0 Å². The van der Waals surface area contributed by atoms with E-state index in [1.54, 1.807) is 0 Å². The lowest BCUT2D eigenvalue weighted by Crippen LogP contribution is -2.37. The highest BCUT2D eigenvalue weighted by Gasteiger charge is 2.25. The molecule has 1 atom stereocenters. The van der Waals surface area contributed by atoms with Crippen LogP contribution < -0.4 is 5.32 Å². The second-order valence-electron chi connectivity index (χ2n) is 6.87. The maximum Gasteiger partial charge on any atom is 0.230 e. The van der Waals surface area contributed by atoms with Gasteiger partial charge in [0.15, 0.2) is 11.0 Å². The normalized spacial score (nSPS) is 18.6. The molecule has 140 valence electrons. The summed E-state index contributed by atoms with van der Waals surface area (Å²) >= 11 is 1.45. The van der Waals surface area contributed by atoms with Crippen LogP contribution in [0.2, 0.25) is 0 Å². The van der Waals surface area contributed by atoms with Crippen molar-refractivity contribution in [1.29, 1.82) is 0 Å². The van der Waals surface area contributed by atoms with Crippen LogP contribution in [-0.2, 0) is 11.3 Å². The summed E-state index contributed by atoms with van der Waals surface area (Å²) in [5.74, 6) is 1.26. The van der Waals surface area contributed by atoms with E-state index in [-0.39, 0.29) is 11.9 Å². The Bertz CT molecular complexity index is 885. The Labute approximate surface area is 164 Å². The van der Waals surface area contributed by atoms with Crippen molar-refractivity contribution in [3.05, 3.63) is 53.6 Å². The number of rotatable bonds is 6. The molecule has 2 aliphatic carbocycles. The summed E-state index contributed by atoms with van der Waals surface area (Å²) in [5, 5.41) is 12.6. The van der Waals surface area contributed by atoms with Gasteiger partial charge in [0.05, 0.1) is 11.8 Å². The Morgan fingerprint density at radius 1 is 1.26 bits per heavy atom. The first-order chi connectivity index (χ1) is 13.3. The fourth-order valence-corrected chi connectivity index (χ4v) is 4.67. The smallest absolute Gasteiger partial charge is 0.230 e. The standard InChI is InChI=1S/C21H24N4OS/c1-2-25-20(16-8-4-3-5-9-16)23-24-21(25)27-14-19(26)22-18-13-7-11-15-10-6-12-17(15)18/h3-5,7-9,11,18H,2,6,10,12-14H2,1H3,(H,22,26). The topological polar surface area (TPSA) is 59.8 Å². The molecule has 0 bridgehead atoms. The summed E-state index contributed by atoms with van der Waals surface area (Å²) in [7, 11) is 0. The van der Waals surface area contributed by atoms with E-state index in [4.69, 9.17) is 0 Å². The Balaban J connectivity index is 1.40. The largest absolute Gasteiger partial charge is 0.349 e. The van der Waals surface area contributed by atoms with Crippen LogP contribution >= 0.6 is 11.8 Å². The lowest BCUT2D eigenvalue weighted by Gasteiger charge is -2.22. The maximum absolute atomic E-state index is 12.5. The molecule has 0 saturated heterocycles. The number of aromatic nitrogens is 3. The van der Waals surface area contributed by atoms with E-state index < -0.39 is 0 Å². The van der Waals surface area contributed by atoms with Gasteiger partial charge in [-0.25, -0.2) is 0 Å². The van der Waals surface area contributed by atoms with E-state index in [0.717, 1.165) is 42.4 Å². The van der Waals surface area contributed by atoms with E-state index in [1.165, 1.54) is 29.3 Å². The number of carbonyl (C=O) groups excluding carboxylic acids is 1. The van der Waals surface area contributed by atoms with Gasteiger partial charge in [-0.2, -0.15) is 0 Å². The Morgan fingerprint density at radius 2 is 2.11 bits per heavy atom. The van der Waals surface area contributed by atoms with Crippen LogP contribution in [0.1, 0.15) is 32.6 Å². The second-order valence-corrected chi connectivity index (χ2v) is 7.81. The average Bonchev–Trinajstić information content (AvgIpc) is 3.34. The van der Waals surface area contributed by atoms with E-state index in [1.807, 2.05) is 30.3 Å². The van der Waals surface area contributed by atoms with E-state index in [0.29, 0.717) is 5.75 Å². The molecule has 1 heterocycles. The number of allylic oxidation sites excluding steroid dienone is 2. The summed E-state index contributed by atoms with van der Waals surface area (Å²) in [6.45, 7) is 2.84. The minimum atomic E-state index is 0.0611. The third-order valence-electron chi connectivity index (χ3n) is 5.15. The van der Waals surface area contributed by atoms with E-state index in [2.05, 4.69) is 39.2 Å². The predicted molar refractivity (Wildman–Crippen MR) is 108 cm³/mol. The van der Waals surface area contributed by atoms with E-state index >= 15 is 0 Å². The molecule has 6 heteroatoms. The first kappa shape index (κ1) is 18.0. The zero-order valence-corrected chi connectivity index (χ0v) is 16.3. The van der Waals surface area contributed by atoms with Crippen molar-refractivity contribution in [2.24, 2.45) is 0 Å². The molecule has 4 rings (SSSR count). The van der Waals surface area contributed by atoms with Crippen molar-refractivity contribution in [1.82, 2.24) is 20.1 Å². The fraction of sp³-hybridized carbons (Fsp3) is 0.381. The summed E-state index contributed by atoms with van der Waals surface area (Å²) in [6.07, 6.45) is 8.78. The first-order valence-corrected chi connectivity index (χ1v) is 10.5. The van der Waals surface area contributed by atoms with Crippen LogP contribution in [-0.4, -0.2) is 32.5 Å². The molecule has 1 aromatic carbocycles. The molecule has 0 radical (unpaired) electrons. The fourth-order valence-electron chi connectivity index (χ4n) is 3.86. The van der Waals surface area contributed by atoms with Gasteiger partial charge in [-0.3, -0.25) is 4.79 Å². The van der Waals surface area contributed by atoms with Crippen molar-refractivity contribution in [2.75, 3.05) is 5.75 Å². The lowest BCUT2D eigenvalue weighted by molar-refractivity contribution is -0.119.